The summed E-state index contributed by atoms with van der Waals surface area (Å²) >= 11 is 0. The largest absolute Gasteiger partial charge is 0.472 e. The Morgan fingerprint density at radius 1 is 0.272 bits per heavy atom. The second kappa shape index (κ2) is 76.8. The van der Waals surface area contributed by atoms with Gasteiger partial charge in [-0.25, -0.2) is 9.13 Å². The number of unbranched alkanes of at least 4 members (excludes halogenated alkanes) is 55. The lowest BCUT2D eigenvalue weighted by Crippen LogP contribution is -2.30. The molecule has 0 aromatic carbocycles. The maximum atomic E-state index is 13.1. The van der Waals surface area contributed by atoms with E-state index < -0.39 is 97.5 Å². The minimum Gasteiger partial charge on any atom is -0.462 e. The summed E-state index contributed by atoms with van der Waals surface area (Å²) in [6.07, 6.45) is 69.4. The molecule has 3 N–H and O–H groups in total. The average molecular weight is 1510 g/mol. The molecule has 0 aliphatic heterocycles. The van der Waals surface area contributed by atoms with Gasteiger partial charge in [0.1, 0.15) is 19.3 Å². The van der Waals surface area contributed by atoms with Gasteiger partial charge in [-0.1, -0.05) is 401 Å². The van der Waals surface area contributed by atoms with Gasteiger partial charge in [0.05, 0.1) is 26.4 Å². The second-order valence-corrected chi connectivity index (χ2v) is 33.4. The number of carbonyl (C=O) groups excluding carboxylic acids is 4. The summed E-state index contributed by atoms with van der Waals surface area (Å²) in [7, 11) is -9.92. The molecule has 0 fully saturated rings. The number of esters is 4. The molecule has 0 aromatic rings. The Kier molecular flexibility index (Phi) is 75.4. The fourth-order valence-electron chi connectivity index (χ4n) is 13.1. The Hall–Kier alpha value is -1.94. The lowest BCUT2D eigenvalue weighted by atomic mass is 9.99. The Bertz CT molecular complexity index is 1960. The highest BCUT2D eigenvalue weighted by atomic mass is 31.2. The van der Waals surface area contributed by atoms with Crippen molar-refractivity contribution in [2.45, 2.75) is 470 Å². The molecule has 0 rings (SSSR count). The first-order chi connectivity index (χ1) is 50.1. The van der Waals surface area contributed by atoms with E-state index in [9.17, 15) is 43.2 Å². The molecule has 0 amide bonds. The van der Waals surface area contributed by atoms with Crippen LogP contribution in [0, 0.1) is 5.92 Å². The molecule has 6 atom stereocenters. The zero-order valence-electron chi connectivity index (χ0n) is 67.5. The van der Waals surface area contributed by atoms with Crippen LogP contribution in [0.3, 0.4) is 0 Å². The van der Waals surface area contributed by atoms with Gasteiger partial charge in [0, 0.05) is 25.7 Å². The van der Waals surface area contributed by atoms with E-state index in [1.54, 1.807) is 0 Å². The standard InChI is InChI=1S/C84H164O17P2/c1-6-10-13-16-19-22-24-26-28-29-30-31-32-33-34-35-41-45-50-55-60-65-70-84(89)101-80(74-95-82(87)68-63-58-53-48-43-40-37-36-38-42-47-51-56-61-66-77(5)9-4)76-99-103(92,93)97-72-78(85)71-96-102(90,91)98-75-79(73-94-81(86)67-62-57-52-46-21-18-15-12-8-3)100-83(88)69-64-59-54-49-44-39-27-25-23-20-17-14-11-7-2/h77-80,85H,6-76H2,1-5H3,(H,90,91)(H,92,93)/t77?,78-,79+,80+/m0/s1. The molecule has 0 spiro atoms. The van der Waals surface area contributed by atoms with Gasteiger partial charge < -0.3 is 33.8 Å². The van der Waals surface area contributed by atoms with Gasteiger partial charge in [0.25, 0.3) is 0 Å². The predicted octanol–water partition coefficient (Wildman–Crippen LogP) is 25.6. The molecule has 17 nitrogen and oxygen atoms in total. The van der Waals surface area contributed by atoms with Crippen molar-refractivity contribution in [1.29, 1.82) is 0 Å². The van der Waals surface area contributed by atoms with E-state index in [-0.39, 0.29) is 25.7 Å². The highest BCUT2D eigenvalue weighted by Gasteiger charge is 2.30. The summed E-state index contributed by atoms with van der Waals surface area (Å²) in [5, 5.41) is 10.7. The van der Waals surface area contributed by atoms with Crippen LogP contribution in [0.4, 0.5) is 0 Å². The fraction of sp³-hybridized carbons (Fsp3) is 0.952. The van der Waals surface area contributed by atoms with Gasteiger partial charge in [-0.05, 0) is 31.6 Å². The van der Waals surface area contributed by atoms with Crippen LogP contribution < -0.4 is 0 Å². The van der Waals surface area contributed by atoms with Crippen LogP contribution in [0.1, 0.15) is 452 Å². The lowest BCUT2D eigenvalue weighted by Gasteiger charge is -2.21. The van der Waals surface area contributed by atoms with Gasteiger partial charge in [-0.2, -0.15) is 0 Å². The second-order valence-electron chi connectivity index (χ2n) is 30.5. The van der Waals surface area contributed by atoms with Crippen molar-refractivity contribution < 1.29 is 80.2 Å². The smallest absolute Gasteiger partial charge is 0.462 e. The van der Waals surface area contributed by atoms with Crippen LogP contribution in [-0.2, 0) is 65.4 Å². The van der Waals surface area contributed by atoms with Crippen LogP contribution in [0.5, 0.6) is 0 Å². The van der Waals surface area contributed by atoms with Crippen LogP contribution >= 0.6 is 15.6 Å². The first kappa shape index (κ1) is 101. The van der Waals surface area contributed by atoms with E-state index in [4.69, 9.17) is 37.0 Å². The number of hydrogen-bond acceptors (Lipinski definition) is 15. The first-order valence-corrected chi connectivity index (χ1v) is 46.7. The Balaban J connectivity index is 5.20. The van der Waals surface area contributed by atoms with Crippen molar-refractivity contribution in [3.63, 3.8) is 0 Å². The molecular formula is C84H164O17P2. The number of phosphoric ester groups is 2. The van der Waals surface area contributed by atoms with Crippen LogP contribution in [0.15, 0.2) is 0 Å². The van der Waals surface area contributed by atoms with Crippen LogP contribution in [0.2, 0.25) is 0 Å². The Morgan fingerprint density at radius 3 is 0.689 bits per heavy atom. The van der Waals surface area contributed by atoms with Crippen molar-refractivity contribution in [2.75, 3.05) is 39.6 Å². The zero-order chi connectivity index (χ0) is 75.5. The number of aliphatic hydroxyl groups excluding tert-OH is 1. The minimum atomic E-state index is -4.96. The molecule has 0 aromatic heterocycles. The lowest BCUT2D eigenvalue weighted by molar-refractivity contribution is -0.161. The van der Waals surface area contributed by atoms with E-state index in [2.05, 4.69) is 34.6 Å². The SMILES string of the molecule is CCCCCCCCCCCCCCCCCCCCCCCCC(=O)O[C@H](COC(=O)CCCCCCCCCCCCCCCCC(C)CC)COP(=O)(O)OC[C@@H](O)COP(=O)(O)OC[C@@H](COC(=O)CCCCCCCCCCC)OC(=O)CCCCCCCCCCCCCCCC. The van der Waals surface area contributed by atoms with Crippen LogP contribution in [-0.4, -0.2) is 96.7 Å². The number of hydrogen-bond donors (Lipinski definition) is 3. The summed E-state index contributed by atoms with van der Waals surface area (Å²) in [4.78, 5) is 73.1. The van der Waals surface area contributed by atoms with Crippen LogP contribution in [0.25, 0.3) is 0 Å². The number of aliphatic hydroxyl groups is 1. The van der Waals surface area contributed by atoms with Gasteiger partial charge in [0.2, 0.25) is 0 Å². The Morgan fingerprint density at radius 2 is 0.466 bits per heavy atom. The maximum absolute atomic E-state index is 13.1. The highest BCUT2D eigenvalue weighted by molar-refractivity contribution is 7.47. The molecule has 0 saturated carbocycles. The number of phosphoric acid groups is 2. The van der Waals surface area contributed by atoms with Crippen molar-refractivity contribution >= 4 is 39.5 Å². The quantitative estimate of drug-likeness (QED) is 0.0222. The van der Waals surface area contributed by atoms with Gasteiger partial charge in [-0.3, -0.25) is 37.3 Å². The number of rotatable bonds is 84. The third-order valence-electron chi connectivity index (χ3n) is 20.1. The monoisotopic (exact) mass is 1510 g/mol. The van der Waals surface area contributed by atoms with Gasteiger partial charge >= 0.3 is 39.5 Å². The molecular weight excluding hydrogens is 1340 g/mol. The van der Waals surface area contributed by atoms with E-state index >= 15 is 0 Å². The van der Waals surface area contributed by atoms with E-state index in [1.165, 1.54) is 276 Å². The molecule has 0 radical (unpaired) electrons. The van der Waals surface area contributed by atoms with Crippen molar-refractivity contribution in [1.82, 2.24) is 0 Å². The number of ether oxygens (including phenoxy) is 4. The average Bonchev–Trinajstić information content (AvgIpc) is 0.920. The molecule has 19 heteroatoms. The van der Waals surface area contributed by atoms with Crippen molar-refractivity contribution in [3.05, 3.63) is 0 Å². The zero-order valence-corrected chi connectivity index (χ0v) is 69.3. The van der Waals surface area contributed by atoms with E-state index in [0.29, 0.717) is 25.7 Å². The summed E-state index contributed by atoms with van der Waals surface area (Å²) in [6.45, 7) is 7.39. The van der Waals surface area contributed by atoms with Crippen molar-refractivity contribution in [2.24, 2.45) is 5.92 Å². The molecule has 0 bridgehead atoms. The molecule has 3 unspecified atom stereocenters. The minimum absolute atomic E-state index is 0.108. The number of carbonyl (C=O) groups is 4. The molecule has 0 aliphatic carbocycles. The summed E-state index contributed by atoms with van der Waals surface area (Å²) in [6, 6.07) is 0. The molecule has 0 aliphatic rings. The van der Waals surface area contributed by atoms with Crippen molar-refractivity contribution in [3.8, 4) is 0 Å². The third kappa shape index (κ3) is 76.6. The molecule has 103 heavy (non-hydrogen) atoms. The maximum Gasteiger partial charge on any atom is 0.472 e. The van der Waals surface area contributed by atoms with Gasteiger partial charge in [-0.15, -0.1) is 0 Å². The Labute approximate surface area is 632 Å². The summed E-state index contributed by atoms with van der Waals surface area (Å²) in [5.41, 5.74) is 0. The fourth-order valence-corrected chi connectivity index (χ4v) is 14.7. The normalized spacial score (nSPS) is 14.1. The molecule has 0 saturated heterocycles. The summed E-state index contributed by atoms with van der Waals surface area (Å²) in [5.74, 6) is -1.25. The van der Waals surface area contributed by atoms with E-state index in [1.807, 2.05) is 0 Å². The highest BCUT2D eigenvalue weighted by Crippen LogP contribution is 2.45. The predicted molar refractivity (Wildman–Crippen MR) is 423 cm³/mol. The molecule has 0 heterocycles. The topological polar surface area (TPSA) is 237 Å². The first-order valence-electron chi connectivity index (χ1n) is 43.7. The van der Waals surface area contributed by atoms with Gasteiger partial charge in [0.15, 0.2) is 12.2 Å². The summed E-state index contributed by atoms with van der Waals surface area (Å²) < 4.78 is 68.8. The third-order valence-corrected chi connectivity index (χ3v) is 22.0. The van der Waals surface area contributed by atoms with E-state index in [0.717, 1.165) is 95.8 Å². The molecule has 612 valence electrons.